The Labute approximate surface area is 203 Å². The van der Waals surface area contributed by atoms with E-state index >= 15 is 0 Å². The Morgan fingerprint density at radius 3 is 2.66 bits per heavy atom. The summed E-state index contributed by atoms with van der Waals surface area (Å²) >= 11 is 0. The van der Waals surface area contributed by atoms with E-state index in [1.165, 1.54) is 25.4 Å². The molecule has 4 aromatic rings. The maximum absolute atomic E-state index is 13.4. The Balaban J connectivity index is 1.53. The summed E-state index contributed by atoms with van der Waals surface area (Å²) in [5, 5.41) is 6.86. The summed E-state index contributed by atoms with van der Waals surface area (Å²) in [5.74, 6) is 1.54. The molecule has 4 rings (SSSR count). The largest absolute Gasteiger partial charge is 0.489 e. The fourth-order valence-electron chi connectivity index (χ4n) is 3.63. The second-order valence-electron chi connectivity index (χ2n) is 8.26. The number of aromatic nitrogens is 2. The van der Waals surface area contributed by atoms with Crippen molar-refractivity contribution in [2.75, 3.05) is 11.9 Å². The number of nitrogens with zero attached hydrogens (tertiary/aromatic N) is 2. The lowest BCUT2D eigenvalue weighted by molar-refractivity contribution is -0.119. The first-order valence-corrected chi connectivity index (χ1v) is 11.3. The minimum Gasteiger partial charge on any atom is -0.489 e. The predicted octanol–water partition coefficient (Wildman–Crippen LogP) is 5.30. The number of anilines is 2. The van der Waals surface area contributed by atoms with Gasteiger partial charge in [-0.2, -0.15) is 0 Å². The Morgan fingerprint density at radius 1 is 1.06 bits per heavy atom. The zero-order chi connectivity index (χ0) is 24.8. The van der Waals surface area contributed by atoms with Gasteiger partial charge in [-0.3, -0.25) is 4.79 Å². The standard InChI is InChI=1S/C27H27FN4O3/c1-17-12-22(10-11-24(17)34-15-20-6-4-7-21(28)13-20)32-27-26-23(30-16-31-27)8-5-9-25(26)35-18(2)14-29-19(3)33/h4-13,16,18H,14-15H2,1-3H3,(H,29,33)(H,30,31,32). The minimum atomic E-state index is -0.285. The van der Waals surface area contributed by atoms with E-state index in [2.05, 4.69) is 20.6 Å². The molecule has 35 heavy (non-hydrogen) atoms. The van der Waals surface area contributed by atoms with Crippen LogP contribution in [-0.2, 0) is 11.4 Å². The van der Waals surface area contributed by atoms with Crippen molar-refractivity contribution in [2.45, 2.75) is 33.5 Å². The summed E-state index contributed by atoms with van der Waals surface area (Å²) in [6.45, 7) is 5.97. The minimum absolute atomic E-state index is 0.109. The molecule has 0 saturated carbocycles. The van der Waals surface area contributed by atoms with Gasteiger partial charge >= 0.3 is 0 Å². The third-order valence-electron chi connectivity index (χ3n) is 5.31. The van der Waals surface area contributed by atoms with Crippen LogP contribution < -0.4 is 20.1 Å². The van der Waals surface area contributed by atoms with Crippen LogP contribution in [0.15, 0.2) is 67.0 Å². The molecule has 0 aliphatic rings. The first-order valence-electron chi connectivity index (χ1n) is 11.3. The Hall–Kier alpha value is -4.20. The molecular weight excluding hydrogens is 447 g/mol. The third-order valence-corrected chi connectivity index (χ3v) is 5.31. The first-order chi connectivity index (χ1) is 16.9. The molecule has 0 spiro atoms. The van der Waals surface area contributed by atoms with Crippen LogP contribution in [-0.4, -0.2) is 28.5 Å². The van der Waals surface area contributed by atoms with Crippen LogP contribution in [0.5, 0.6) is 11.5 Å². The lowest BCUT2D eigenvalue weighted by atomic mass is 10.1. The van der Waals surface area contributed by atoms with Crippen LogP contribution in [0.2, 0.25) is 0 Å². The monoisotopic (exact) mass is 474 g/mol. The van der Waals surface area contributed by atoms with Gasteiger partial charge in [-0.1, -0.05) is 18.2 Å². The number of carbonyl (C=O) groups is 1. The van der Waals surface area contributed by atoms with Crippen molar-refractivity contribution in [2.24, 2.45) is 0 Å². The molecule has 0 aliphatic heterocycles. The molecule has 3 aromatic carbocycles. The summed E-state index contributed by atoms with van der Waals surface area (Å²) in [7, 11) is 0. The highest BCUT2D eigenvalue weighted by atomic mass is 19.1. The zero-order valence-electron chi connectivity index (χ0n) is 19.8. The second-order valence-corrected chi connectivity index (χ2v) is 8.26. The van der Waals surface area contributed by atoms with Gasteiger partial charge < -0.3 is 20.1 Å². The van der Waals surface area contributed by atoms with Crippen molar-refractivity contribution in [3.8, 4) is 11.5 Å². The molecule has 1 amide bonds. The molecule has 1 aromatic heterocycles. The number of carbonyl (C=O) groups excluding carboxylic acids is 1. The van der Waals surface area contributed by atoms with E-state index in [0.717, 1.165) is 27.7 Å². The maximum Gasteiger partial charge on any atom is 0.217 e. The molecule has 0 bridgehead atoms. The molecule has 0 saturated heterocycles. The number of aryl methyl sites for hydroxylation is 1. The molecule has 0 aliphatic carbocycles. The predicted molar refractivity (Wildman–Crippen MR) is 134 cm³/mol. The number of rotatable bonds is 9. The topological polar surface area (TPSA) is 85.4 Å². The summed E-state index contributed by atoms with van der Waals surface area (Å²) in [6.07, 6.45) is 1.26. The number of amides is 1. The van der Waals surface area contributed by atoms with E-state index in [0.29, 0.717) is 23.9 Å². The van der Waals surface area contributed by atoms with E-state index in [-0.39, 0.29) is 24.4 Å². The molecule has 180 valence electrons. The van der Waals surface area contributed by atoms with Crippen molar-refractivity contribution >= 4 is 28.3 Å². The molecule has 0 radical (unpaired) electrons. The lowest BCUT2D eigenvalue weighted by Gasteiger charge is -2.18. The van der Waals surface area contributed by atoms with Crippen LogP contribution in [0.4, 0.5) is 15.9 Å². The van der Waals surface area contributed by atoms with Crippen molar-refractivity contribution < 1.29 is 18.7 Å². The maximum atomic E-state index is 13.4. The number of benzene rings is 3. The molecule has 7 nitrogen and oxygen atoms in total. The highest BCUT2D eigenvalue weighted by Gasteiger charge is 2.14. The van der Waals surface area contributed by atoms with E-state index in [1.54, 1.807) is 6.07 Å². The molecule has 8 heteroatoms. The van der Waals surface area contributed by atoms with E-state index in [4.69, 9.17) is 9.47 Å². The SMILES string of the molecule is CC(=O)NCC(C)Oc1cccc2ncnc(Nc3ccc(OCc4cccc(F)c4)c(C)c3)c12. The third kappa shape index (κ3) is 6.23. The molecule has 0 fully saturated rings. The van der Waals surface area contributed by atoms with Gasteiger partial charge in [0.25, 0.3) is 0 Å². The van der Waals surface area contributed by atoms with Crippen molar-refractivity contribution in [3.63, 3.8) is 0 Å². The second kappa shape index (κ2) is 10.8. The summed E-state index contributed by atoms with van der Waals surface area (Å²) < 4.78 is 25.4. The van der Waals surface area contributed by atoms with E-state index < -0.39 is 0 Å². The van der Waals surface area contributed by atoms with Gasteiger partial charge in [0, 0.05) is 12.6 Å². The normalized spacial score (nSPS) is 11.7. The zero-order valence-corrected chi connectivity index (χ0v) is 19.8. The molecule has 1 atom stereocenters. The van der Waals surface area contributed by atoms with Gasteiger partial charge in [-0.25, -0.2) is 14.4 Å². The van der Waals surface area contributed by atoms with Gasteiger partial charge in [0.2, 0.25) is 5.91 Å². The molecular formula is C27H27FN4O3. The highest BCUT2D eigenvalue weighted by molar-refractivity contribution is 5.95. The average molecular weight is 475 g/mol. The highest BCUT2D eigenvalue weighted by Crippen LogP contribution is 2.33. The Kier molecular flexibility index (Phi) is 7.40. The van der Waals surface area contributed by atoms with Crippen molar-refractivity contribution in [1.29, 1.82) is 0 Å². The first kappa shape index (κ1) is 23.9. The van der Waals surface area contributed by atoms with Crippen molar-refractivity contribution in [1.82, 2.24) is 15.3 Å². The van der Waals surface area contributed by atoms with Crippen LogP contribution in [0, 0.1) is 12.7 Å². The van der Waals surface area contributed by atoms with Crippen LogP contribution in [0.25, 0.3) is 10.9 Å². The van der Waals surface area contributed by atoms with Crippen LogP contribution in [0.3, 0.4) is 0 Å². The molecule has 2 N–H and O–H groups in total. The number of fused-ring (bicyclic) bond motifs is 1. The number of hydrogen-bond donors (Lipinski definition) is 2. The Morgan fingerprint density at radius 2 is 1.89 bits per heavy atom. The average Bonchev–Trinajstić information content (AvgIpc) is 2.82. The van der Waals surface area contributed by atoms with Gasteiger partial charge in [0.15, 0.2) is 0 Å². The number of hydrogen-bond acceptors (Lipinski definition) is 6. The lowest BCUT2D eigenvalue weighted by Crippen LogP contribution is -2.32. The van der Waals surface area contributed by atoms with Gasteiger partial charge in [0.1, 0.15) is 42.2 Å². The van der Waals surface area contributed by atoms with E-state index in [1.807, 2.05) is 56.3 Å². The summed E-state index contributed by atoms with van der Waals surface area (Å²) in [5.41, 5.74) is 3.24. The molecule has 1 heterocycles. The van der Waals surface area contributed by atoms with E-state index in [9.17, 15) is 9.18 Å². The smallest absolute Gasteiger partial charge is 0.217 e. The fraction of sp³-hybridized carbons (Fsp3) is 0.222. The fourth-order valence-corrected chi connectivity index (χ4v) is 3.63. The number of halogens is 1. The number of nitrogens with one attached hydrogen (secondary N) is 2. The van der Waals surface area contributed by atoms with Crippen molar-refractivity contribution in [3.05, 3.63) is 83.9 Å². The van der Waals surface area contributed by atoms with Gasteiger partial charge in [-0.05, 0) is 67.4 Å². The Bertz CT molecular complexity index is 1340. The summed E-state index contributed by atoms with van der Waals surface area (Å²) in [6, 6.07) is 17.7. The van der Waals surface area contributed by atoms with Crippen LogP contribution in [0.1, 0.15) is 25.0 Å². The quantitative estimate of drug-likeness (QED) is 0.342. The van der Waals surface area contributed by atoms with Gasteiger partial charge in [0.05, 0.1) is 17.4 Å². The number of ether oxygens (including phenoxy) is 2. The van der Waals surface area contributed by atoms with Gasteiger partial charge in [-0.15, -0.1) is 0 Å². The molecule has 1 unspecified atom stereocenters. The summed E-state index contributed by atoms with van der Waals surface area (Å²) in [4.78, 5) is 20.0. The van der Waals surface area contributed by atoms with Crippen LogP contribution >= 0.6 is 0 Å².